The Balaban J connectivity index is 2.13. The maximum Gasteiger partial charge on any atom is 0.231 e. The number of ether oxygens (including phenoxy) is 2. The van der Waals surface area contributed by atoms with Gasteiger partial charge < -0.3 is 24.8 Å². The fraction of sp³-hybridized carbons (Fsp3) is 0.923. The summed E-state index contributed by atoms with van der Waals surface area (Å²) in [6.45, 7) is 3.60. The van der Waals surface area contributed by atoms with Crippen molar-refractivity contribution >= 4 is 5.91 Å². The first-order valence-corrected chi connectivity index (χ1v) is 6.93. The second-order valence-corrected chi connectivity index (χ2v) is 5.37. The number of aliphatic hydroxyl groups is 1. The summed E-state index contributed by atoms with van der Waals surface area (Å²) in [6, 6.07) is -0.218. The van der Waals surface area contributed by atoms with Crippen LogP contribution in [0.4, 0.5) is 0 Å². The van der Waals surface area contributed by atoms with Crippen LogP contribution in [0.1, 0.15) is 12.8 Å². The minimum absolute atomic E-state index is 0.0486. The predicted octanol–water partition coefficient (Wildman–Crippen LogP) is -0.778. The maximum atomic E-state index is 12.9. The highest BCUT2D eigenvalue weighted by Crippen LogP contribution is 2.32. The SMILES string of the molecule is COCC1(C(=O)N2CCOCC2CO)CCNCC1. The summed E-state index contributed by atoms with van der Waals surface area (Å²) >= 11 is 0. The molecule has 0 saturated carbocycles. The molecule has 0 aromatic heterocycles. The maximum absolute atomic E-state index is 12.9. The predicted molar refractivity (Wildman–Crippen MR) is 69.8 cm³/mol. The zero-order valence-electron chi connectivity index (χ0n) is 11.6. The largest absolute Gasteiger partial charge is 0.394 e. The third kappa shape index (κ3) is 3.08. The molecule has 0 aromatic rings. The molecule has 0 radical (unpaired) electrons. The molecule has 2 heterocycles. The van der Waals surface area contributed by atoms with Crippen molar-refractivity contribution < 1.29 is 19.4 Å². The van der Waals surface area contributed by atoms with E-state index in [4.69, 9.17) is 9.47 Å². The number of morpholine rings is 1. The number of amides is 1. The van der Waals surface area contributed by atoms with Crippen molar-refractivity contribution in [3.05, 3.63) is 0 Å². The summed E-state index contributed by atoms with van der Waals surface area (Å²) in [6.07, 6.45) is 1.57. The molecule has 6 heteroatoms. The van der Waals surface area contributed by atoms with E-state index in [-0.39, 0.29) is 18.6 Å². The highest BCUT2D eigenvalue weighted by Gasteiger charge is 2.44. The Hall–Kier alpha value is -0.690. The van der Waals surface area contributed by atoms with Crippen molar-refractivity contribution in [2.24, 2.45) is 5.41 Å². The third-order valence-electron chi connectivity index (χ3n) is 4.13. The molecule has 110 valence electrons. The van der Waals surface area contributed by atoms with Crippen LogP contribution in [0.3, 0.4) is 0 Å². The topological polar surface area (TPSA) is 71.0 Å². The monoisotopic (exact) mass is 272 g/mol. The Labute approximate surface area is 114 Å². The van der Waals surface area contributed by atoms with E-state index in [0.717, 1.165) is 25.9 Å². The van der Waals surface area contributed by atoms with E-state index in [1.807, 2.05) is 0 Å². The van der Waals surface area contributed by atoms with Crippen molar-refractivity contribution in [2.75, 3.05) is 53.2 Å². The molecular formula is C13H24N2O4. The van der Waals surface area contributed by atoms with E-state index in [1.54, 1.807) is 12.0 Å². The lowest BCUT2D eigenvalue weighted by atomic mass is 9.78. The zero-order chi connectivity index (χ0) is 13.7. The number of carbonyl (C=O) groups is 1. The molecule has 6 nitrogen and oxygen atoms in total. The van der Waals surface area contributed by atoms with Gasteiger partial charge in [-0.3, -0.25) is 4.79 Å². The van der Waals surface area contributed by atoms with Gasteiger partial charge in [0.2, 0.25) is 5.91 Å². The standard InChI is InChI=1S/C13H24N2O4/c1-18-10-13(2-4-14-5-3-13)12(17)15-6-7-19-9-11(15)8-16/h11,14,16H,2-10H2,1H3. The Kier molecular flexibility index (Phi) is 5.15. The Morgan fingerprint density at radius 2 is 2.26 bits per heavy atom. The van der Waals surface area contributed by atoms with Gasteiger partial charge in [0.15, 0.2) is 0 Å². The average molecular weight is 272 g/mol. The van der Waals surface area contributed by atoms with Crippen LogP contribution in [0, 0.1) is 5.41 Å². The van der Waals surface area contributed by atoms with Crippen molar-refractivity contribution in [2.45, 2.75) is 18.9 Å². The number of carbonyl (C=O) groups excluding carboxylic acids is 1. The number of hydrogen-bond acceptors (Lipinski definition) is 5. The lowest BCUT2D eigenvalue weighted by molar-refractivity contribution is -0.158. The molecule has 1 unspecified atom stereocenters. The zero-order valence-corrected chi connectivity index (χ0v) is 11.6. The van der Waals surface area contributed by atoms with Crippen molar-refractivity contribution in [1.29, 1.82) is 0 Å². The highest BCUT2D eigenvalue weighted by atomic mass is 16.5. The van der Waals surface area contributed by atoms with Gasteiger partial charge in [-0.05, 0) is 25.9 Å². The van der Waals surface area contributed by atoms with Crippen LogP contribution in [-0.4, -0.2) is 75.1 Å². The van der Waals surface area contributed by atoms with Crippen LogP contribution < -0.4 is 5.32 Å². The molecule has 19 heavy (non-hydrogen) atoms. The summed E-state index contributed by atoms with van der Waals surface area (Å²) in [4.78, 5) is 14.7. The molecule has 2 aliphatic heterocycles. The number of rotatable bonds is 4. The number of methoxy groups -OCH3 is 1. The quantitative estimate of drug-likeness (QED) is 0.703. The molecule has 2 aliphatic rings. The Morgan fingerprint density at radius 1 is 1.53 bits per heavy atom. The fourth-order valence-corrected chi connectivity index (χ4v) is 2.98. The number of aliphatic hydroxyl groups excluding tert-OH is 1. The second kappa shape index (κ2) is 6.65. The first kappa shape index (κ1) is 14.7. The molecule has 2 fully saturated rings. The summed E-state index contributed by atoms with van der Waals surface area (Å²) < 4.78 is 10.6. The van der Waals surface area contributed by atoms with E-state index in [1.165, 1.54) is 0 Å². The lowest BCUT2D eigenvalue weighted by Crippen LogP contribution is -2.58. The van der Waals surface area contributed by atoms with E-state index in [0.29, 0.717) is 26.4 Å². The molecule has 2 N–H and O–H groups in total. The van der Waals surface area contributed by atoms with Gasteiger partial charge in [0.25, 0.3) is 0 Å². The Bertz CT molecular complexity index is 300. The van der Waals surface area contributed by atoms with Gasteiger partial charge in [-0.15, -0.1) is 0 Å². The van der Waals surface area contributed by atoms with Crippen LogP contribution in [0.2, 0.25) is 0 Å². The van der Waals surface area contributed by atoms with E-state index in [2.05, 4.69) is 5.32 Å². The van der Waals surface area contributed by atoms with Crippen LogP contribution in [0.25, 0.3) is 0 Å². The number of nitrogens with zero attached hydrogens (tertiary/aromatic N) is 1. The summed E-state index contributed by atoms with van der Waals surface area (Å²) in [7, 11) is 1.64. The van der Waals surface area contributed by atoms with Crippen LogP contribution in [0.5, 0.6) is 0 Å². The van der Waals surface area contributed by atoms with Gasteiger partial charge in [-0.1, -0.05) is 0 Å². The van der Waals surface area contributed by atoms with E-state index < -0.39 is 5.41 Å². The van der Waals surface area contributed by atoms with Crippen molar-refractivity contribution in [3.8, 4) is 0 Å². The molecule has 0 aromatic carbocycles. The van der Waals surface area contributed by atoms with Gasteiger partial charge in [-0.2, -0.15) is 0 Å². The minimum atomic E-state index is -0.440. The normalized spacial score (nSPS) is 27.3. The number of piperidine rings is 1. The number of hydrogen-bond donors (Lipinski definition) is 2. The smallest absolute Gasteiger partial charge is 0.231 e. The molecule has 1 amide bonds. The number of nitrogens with one attached hydrogen (secondary N) is 1. The van der Waals surface area contributed by atoms with Crippen molar-refractivity contribution in [1.82, 2.24) is 10.2 Å². The molecule has 0 bridgehead atoms. The van der Waals surface area contributed by atoms with Crippen LogP contribution in [0.15, 0.2) is 0 Å². The molecule has 0 aliphatic carbocycles. The van der Waals surface area contributed by atoms with Gasteiger partial charge in [-0.25, -0.2) is 0 Å². The average Bonchev–Trinajstić information content (AvgIpc) is 2.47. The first-order valence-electron chi connectivity index (χ1n) is 6.93. The van der Waals surface area contributed by atoms with Gasteiger partial charge >= 0.3 is 0 Å². The van der Waals surface area contributed by atoms with Crippen LogP contribution >= 0.6 is 0 Å². The molecule has 2 saturated heterocycles. The first-order chi connectivity index (χ1) is 9.23. The fourth-order valence-electron chi connectivity index (χ4n) is 2.98. The van der Waals surface area contributed by atoms with E-state index in [9.17, 15) is 9.90 Å². The lowest BCUT2D eigenvalue weighted by Gasteiger charge is -2.43. The molecule has 2 rings (SSSR count). The third-order valence-corrected chi connectivity index (χ3v) is 4.13. The minimum Gasteiger partial charge on any atom is -0.394 e. The van der Waals surface area contributed by atoms with Gasteiger partial charge in [0.1, 0.15) is 0 Å². The van der Waals surface area contributed by atoms with E-state index >= 15 is 0 Å². The molecule has 1 atom stereocenters. The van der Waals surface area contributed by atoms with Gasteiger partial charge in [0.05, 0.1) is 37.9 Å². The molecule has 0 spiro atoms. The summed E-state index contributed by atoms with van der Waals surface area (Å²) in [5.74, 6) is 0.109. The molecular weight excluding hydrogens is 248 g/mol. The van der Waals surface area contributed by atoms with Crippen molar-refractivity contribution in [3.63, 3.8) is 0 Å². The summed E-state index contributed by atoms with van der Waals surface area (Å²) in [5.41, 5.74) is -0.440. The second-order valence-electron chi connectivity index (χ2n) is 5.37. The Morgan fingerprint density at radius 3 is 2.89 bits per heavy atom. The summed E-state index contributed by atoms with van der Waals surface area (Å²) in [5, 5.41) is 12.7. The van der Waals surface area contributed by atoms with Crippen LogP contribution in [-0.2, 0) is 14.3 Å². The van der Waals surface area contributed by atoms with Gasteiger partial charge in [0, 0.05) is 13.7 Å². The highest BCUT2D eigenvalue weighted by molar-refractivity contribution is 5.83.